The summed E-state index contributed by atoms with van der Waals surface area (Å²) in [6.07, 6.45) is 23.0. The predicted octanol–water partition coefficient (Wildman–Crippen LogP) is 5.15. The van der Waals surface area contributed by atoms with Crippen molar-refractivity contribution in [3.05, 3.63) is 12.2 Å². The van der Waals surface area contributed by atoms with Gasteiger partial charge in [-0.05, 0) is 32.1 Å². The van der Waals surface area contributed by atoms with Crippen molar-refractivity contribution >= 4 is 12.2 Å². The van der Waals surface area contributed by atoms with E-state index in [1.165, 1.54) is 70.6 Å². The van der Waals surface area contributed by atoms with E-state index in [0.717, 1.165) is 12.8 Å². The molecule has 1 aliphatic rings. The van der Waals surface area contributed by atoms with E-state index in [2.05, 4.69) is 29.4 Å². The Morgan fingerprint density at radius 2 is 1.61 bits per heavy atom. The van der Waals surface area contributed by atoms with Crippen molar-refractivity contribution in [3.8, 4) is 0 Å². The number of allylic oxidation sites excluding steroid dienone is 2. The lowest BCUT2D eigenvalue weighted by Crippen LogP contribution is -2.57. The number of carbonyl (C=O) groups excluding carboxylic acids is 1. The first-order valence-corrected chi connectivity index (χ1v) is 11.5. The molecule has 0 aromatic heterocycles. The molecule has 0 aliphatic carbocycles. The predicted molar refractivity (Wildman–Crippen MR) is 118 cm³/mol. The molecule has 1 rings (SSSR count). The van der Waals surface area contributed by atoms with Crippen LogP contribution < -0.4 is 5.32 Å². The van der Waals surface area contributed by atoms with Crippen LogP contribution in [0.1, 0.15) is 104 Å². The number of nitrogens with zero attached hydrogens (tertiary/aromatic N) is 2. The van der Waals surface area contributed by atoms with Gasteiger partial charge in [-0.2, -0.15) is 0 Å². The van der Waals surface area contributed by atoms with Gasteiger partial charge in [0.2, 0.25) is 11.8 Å². The highest BCUT2D eigenvalue weighted by molar-refractivity contribution is 5.76. The minimum atomic E-state index is -1.33. The third-order valence-corrected chi connectivity index (χ3v) is 5.29. The molecule has 1 aliphatic heterocycles. The minimum absolute atomic E-state index is 0.0945. The molecule has 0 bridgehead atoms. The first kappa shape index (κ1) is 24.7. The molecule has 0 aromatic carbocycles. The molecule has 0 saturated heterocycles. The van der Waals surface area contributed by atoms with Crippen LogP contribution in [0.3, 0.4) is 0 Å². The zero-order chi connectivity index (χ0) is 20.5. The van der Waals surface area contributed by atoms with E-state index < -0.39 is 5.85 Å². The summed E-state index contributed by atoms with van der Waals surface area (Å²) in [4.78, 5) is 17.7. The molecule has 5 nitrogen and oxygen atoms in total. The summed E-state index contributed by atoms with van der Waals surface area (Å²) in [5.74, 6) is -1.43. The number of nitrogens with one attached hydrogen (secondary N) is 1. The van der Waals surface area contributed by atoms with Crippen molar-refractivity contribution in [2.24, 2.45) is 4.99 Å². The fraction of sp³-hybridized carbons (Fsp3) is 0.826. The number of hydrogen-bond acceptors (Lipinski definition) is 4. The van der Waals surface area contributed by atoms with Crippen molar-refractivity contribution in [3.63, 3.8) is 0 Å². The number of amides is 1. The average molecular weight is 394 g/mol. The molecule has 162 valence electrons. The summed E-state index contributed by atoms with van der Waals surface area (Å²) in [7, 11) is 0. The van der Waals surface area contributed by atoms with Crippen LogP contribution in [0.15, 0.2) is 17.1 Å². The van der Waals surface area contributed by atoms with Crippen LogP contribution in [-0.2, 0) is 4.79 Å². The number of aliphatic hydroxyl groups is 1. The second kappa shape index (κ2) is 15.5. The van der Waals surface area contributed by atoms with E-state index in [9.17, 15) is 9.90 Å². The maximum Gasteiger partial charge on any atom is 0.223 e. The van der Waals surface area contributed by atoms with Gasteiger partial charge < -0.3 is 15.3 Å². The van der Waals surface area contributed by atoms with E-state index in [1.54, 1.807) is 18.2 Å². The zero-order valence-electron chi connectivity index (χ0n) is 18.3. The molecule has 0 saturated carbocycles. The number of hydrogen-bond donors (Lipinski definition) is 2. The highest BCUT2D eigenvalue weighted by atomic mass is 16.3. The first-order valence-electron chi connectivity index (χ1n) is 11.5. The van der Waals surface area contributed by atoms with Gasteiger partial charge in [-0.25, -0.2) is 0 Å². The monoisotopic (exact) mass is 393 g/mol. The smallest absolute Gasteiger partial charge is 0.223 e. The first-order chi connectivity index (χ1) is 13.6. The lowest BCUT2D eigenvalue weighted by molar-refractivity contribution is -0.137. The van der Waals surface area contributed by atoms with Crippen LogP contribution in [0, 0.1) is 0 Å². The van der Waals surface area contributed by atoms with Crippen LogP contribution >= 0.6 is 0 Å². The molecular formula is C23H43N3O2. The summed E-state index contributed by atoms with van der Waals surface area (Å²) in [6, 6.07) is 0. The van der Waals surface area contributed by atoms with Crippen molar-refractivity contribution in [2.45, 2.75) is 110 Å². The maximum absolute atomic E-state index is 12.0. The molecule has 0 fully saturated rings. The third-order valence-electron chi connectivity index (χ3n) is 5.29. The summed E-state index contributed by atoms with van der Waals surface area (Å²) in [5, 5.41) is 13.0. The van der Waals surface area contributed by atoms with Crippen LogP contribution in [0.2, 0.25) is 0 Å². The van der Waals surface area contributed by atoms with Crippen LogP contribution in [0.25, 0.3) is 0 Å². The molecule has 2 N–H and O–H groups in total. The molecule has 0 radical (unpaired) electrons. The Hall–Kier alpha value is -1.36. The number of aliphatic imine (C=N–C) groups is 1. The van der Waals surface area contributed by atoms with Crippen LogP contribution in [0.5, 0.6) is 0 Å². The van der Waals surface area contributed by atoms with Gasteiger partial charge in [0, 0.05) is 19.9 Å². The van der Waals surface area contributed by atoms with Gasteiger partial charge >= 0.3 is 0 Å². The Balaban J connectivity index is 1.89. The molecule has 0 spiro atoms. The molecule has 1 unspecified atom stereocenters. The lowest BCUT2D eigenvalue weighted by atomic mass is 10.1. The molecule has 28 heavy (non-hydrogen) atoms. The van der Waals surface area contributed by atoms with Gasteiger partial charge in [-0.15, -0.1) is 0 Å². The number of carbonyl (C=O) groups is 1. The largest absolute Gasteiger partial charge is 0.354 e. The third kappa shape index (κ3) is 12.2. The van der Waals surface area contributed by atoms with Gasteiger partial charge in [0.05, 0.1) is 12.9 Å². The Kier molecular flexibility index (Phi) is 13.7. The van der Waals surface area contributed by atoms with E-state index in [0.29, 0.717) is 19.5 Å². The number of unbranched alkanes of at least 4 members (excludes halogenated alkanes) is 11. The van der Waals surface area contributed by atoms with E-state index >= 15 is 0 Å². The second-order valence-corrected chi connectivity index (χ2v) is 8.12. The van der Waals surface area contributed by atoms with Crippen molar-refractivity contribution in [2.75, 3.05) is 13.1 Å². The maximum atomic E-state index is 12.0. The minimum Gasteiger partial charge on any atom is -0.354 e. The van der Waals surface area contributed by atoms with Crippen LogP contribution in [0.4, 0.5) is 0 Å². The van der Waals surface area contributed by atoms with Gasteiger partial charge in [0.25, 0.3) is 0 Å². The fourth-order valence-electron chi connectivity index (χ4n) is 3.46. The highest BCUT2D eigenvalue weighted by Crippen LogP contribution is 2.12. The second-order valence-electron chi connectivity index (χ2n) is 8.12. The summed E-state index contributed by atoms with van der Waals surface area (Å²) < 4.78 is 0. The van der Waals surface area contributed by atoms with E-state index in [-0.39, 0.29) is 5.91 Å². The van der Waals surface area contributed by atoms with Crippen molar-refractivity contribution in [1.29, 1.82) is 0 Å². The van der Waals surface area contributed by atoms with Gasteiger partial charge in [-0.3, -0.25) is 9.79 Å². The van der Waals surface area contributed by atoms with Crippen molar-refractivity contribution < 1.29 is 9.90 Å². The average Bonchev–Trinajstić information content (AvgIpc) is 3.20. The van der Waals surface area contributed by atoms with Crippen molar-refractivity contribution in [1.82, 2.24) is 10.2 Å². The van der Waals surface area contributed by atoms with Gasteiger partial charge in [0.15, 0.2) is 0 Å². The zero-order valence-corrected chi connectivity index (χ0v) is 18.3. The lowest BCUT2D eigenvalue weighted by Gasteiger charge is -2.33. The molecule has 1 amide bonds. The summed E-state index contributed by atoms with van der Waals surface area (Å²) >= 11 is 0. The summed E-state index contributed by atoms with van der Waals surface area (Å²) in [5.41, 5.74) is 0. The van der Waals surface area contributed by atoms with Gasteiger partial charge in [-0.1, -0.05) is 70.4 Å². The quantitative estimate of drug-likeness (QED) is 0.204. The Labute approximate surface area is 172 Å². The Morgan fingerprint density at radius 1 is 1.04 bits per heavy atom. The normalized spacial score (nSPS) is 16.0. The Bertz CT molecular complexity index is 461. The highest BCUT2D eigenvalue weighted by Gasteiger charge is 2.30. The van der Waals surface area contributed by atoms with Crippen LogP contribution in [-0.4, -0.2) is 41.2 Å². The molecule has 0 aromatic rings. The fourth-order valence-corrected chi connectivity index (χ4v) is 3.46. The standard InChI is InChI=1S/C23H43N3O2/c1-3-4-5-6-7-8-9-10-11-12-13-14-15-16-17-18-22(27)25-23(2,28)26-20-19-24-21-26/h10-11,21,28H,3-9,12-20H2,1-2H3,(H,25,27)/b11-10-. The summed E-state index contributed by atoms with van der Waals surface area (Å²) in [6.45, 7) is 5.17. The Morgan fingerprint density at radius 3 is 2.18 bits per heavy atom. The molecule has 1 atom stereocenters. The van der Waals surface area contributed by atoms with E-state index in [1.807, 2.05) is 0 Å². The molecule has 1 heterocycles. The SMILES string of the molecule is CCCCCCCC/C=C\CCCCCCCC(=O)NC(C)(O)N1C=NCC1. The van der Waals surface area contributed by atoms with Gasteiger partial charge in [0.1, 0.15) is 0 Å². The molecule has 5 heteroatoms. The number of rotatable bonds is 17. The molecular weight excluding hydrogens is 350 g/mol. The van der Waals surface area contributed by atoms with E-state index in [4.69, 9.17) is 0 Å². The topological polar surface area (TPSA) is 64.9 Å².